The van der Waals surface area contributed by atoms with E-state index in [0.717, 1.165) is 44.9 Å². The van der Waals surface area contributed by atoms with Crippen LogP contribution >= 0.6 is 0 Å². The lowest BCUT2D eigenvalue weighted by Crippen LogP contribution is -2.61. The van der Waals surface area contributed by atoms with Crippen LogP contribution in [0.4, 0.5) is 0 Å². The lowest BCUT2D eigenvalue weighted by Gasteiger charge is -2.42. The predicted molar refractivity (Wildman–Crippen MR) is 271 cm³/mol. The van der Waals surface area contributed by atoms with Crippen molar-refractivity contribution in [1.82, 2.24) is 0 Å². The number of hydrogen-bond acceptors (Lipinski definition) is 14. The van der Waals surface area contributed by atoms with Crippen molar-refractivity contribution in [2.45, 2.75) is 313 Å². The van der Waals surface area contributed by atoms with Crippen LogP contribution in [0.2, 0.25) is 0 Å². The predicted octanol–water partition coefficient (Wildman–Crippen LogP) is 9.64. The Labute approximate surface area is 419 Å². The van der Waals surface area contributed by atoms with Crippen molar-refractivity contribution in [2.75, 3.05) is 33.0 Å². The average molecular weight is 991 g/mol. The monoisotopic (exact) mass is 991 g/mol. The fourth-order valence-corrected chi connectivity index (χ4v) is 9.46. The molecule has 69 heavy (non-hydrogen) atoms. The standard InChI is InChI=1S/C55H106O14/c1-3-5-7-9-11-13-15-17-19-20-21-22-23-24-25-27-29-31-33-35-37-39-64-41-44(67-47(57)38-36-34-32-30-28-26-18-16-14-12-10-8-6-4-2)42-65-54-53(63)51(61)49(59)46(69-54)43-66-55-52(62)50(60)48(58)45(40-56)68-55/h44-46,48-56,58-63H,3-43H2,1-2H3. The molecule has 0 aromatic heterocycles. The molecule has 0 radical (unpaired) electrons. The molecule has 0 spiro atoms. The number of unbranched alkanes of at least 4 members (excludes halogenated alkanes) is 33. The van der Waals surface area contributed by atoms with Gasteiger partial charge in [-0.3, -0.25) is 4.79 Å². The van der Waals surface area contributed by atoms with E-state index in [0.29, 0.717) is 6.61 Å². The van der Waals surface area contributed by atoms with Gasteiger partial charge in [0.25, 0.3) is 0 Å². The molecule has 2 aliphatic rings. The molecule has 11 atom stereocenters. The summed E-state index contributed by atoms with van der Waals surface area (Å²) in [5, 5.41) is 72.2. The minimum absolute atomic E-state index is 0.0707. The van der Waals surface area contributed by atoms with Gasteiger partial charge >= 0.3 is 5.97 Å². The van der Waals surface area contributed by atoms with Gasteiger partial charge in [0.1, 0.15) is 54.9 Å². The second-order valence-electron chi connectivity index (χ2n) is 20.5. The van der Waals surface area contributed by atoms with Crippen LogP contribution in [-0.4, -0.2) is 142 Å². The van der Waals surface area contributed by atoms with Gasteiger partial charge in [0.15, 0.2) is 12.6 Å². The summed E-state index contributed by atoms with van der Waals surface area (Å²) in [7, 11) is 0. The summed E-state index contributed by atoms with van der Waals surface area (Å²) in [4.78, 5) is 13.0. The maximum atomic E-state index is 13.0. The number of aliphatic hydroxyl groups excluding tert-OH is 7. The van der Waals surface area contributed by atoms with Gasteiger partial charge in [-0.1, -0.05) is 226 Å². The Morgan fingerprint density at radius 3 is 1.17 bits per heavy atom. The summed E-state index contributed by atoms with van der Waals surface area (Å²) >= 11 is 0. The number of hydrogen-bond donors (Lipinski definition) is 7. The Kier molecular flexibility index (Phi) is 40.3. The van der Waals surface area contributed by atoms with E-state index in [1.54, 1.807) is 0 Å². The van der Waals surface area contributed by atoms with Crippen LogP contribution in [0.15, 0.2) is 0 Å². The van der Waals surface area contributed by atoms with Crippen LogP contribution in [0, 0.1) is 0 Å². The molecule has 14 nitrogen and oxygen atoms in total. The van der Waals surface area contributed by atoms with E-state index < -0.39 is 80.7 Å². The maximum absolute atomic E-state index is 13.0. The van der Waals surface area contributed by atoms with Gasteiger partial charge in [-0.25, -0.2) is 0 Å². The molecule has 2 fully saturated rings. The Bertz CT molecular complexity index is 1150. The first kappa shape index (κ1) is 64.1. The zero-order chi connectivity index (χ0) is 50.2. The van der Waals surface area contributed by atoms with Crippen LogP contribution in [-0.2, 0) is 33.2 Å². The van der Waals surface area contributed by atoms with Crippen molar-refractivity contribution in [3.05, 3.63) is 0 Å². The SMILES string of the molecule is CCCCCCCCCCCCCCCCCCCCCCCOCC(COC1OC(COC2OC(CO)C(O)C(O)C2O)C(O)C(O)C1O)OC(=O)CCCCCCCCCCCCCCCC. The second-order valence-corrected chi connectivity index (χ2v) is 20.5. The third kappa shape index (κ3) is 30.7. The van der Waals surface area contributed by atoms with Crippen molar-refractivity contribution in [2.24, 2.45) is 0 Å². The zero-order valence-electron chi connectivity index (χ0n) is 43.8. The number of ether oxygens (including phenoxy) is 6. The average Bonchev–Trinajstić information content (AvgIpc) is 3.35. The zero-order valence-corrected chi connectivity index (χ0v) is 43.8. The molecule has 410 valence electrons. The summed E-state index contributed by atoms with van der Waals surface area (Å²) in [5.41, 5.74) is 0. The molecule has 0 saturated carbocycles. The molecule has 2 saturated heterocycles. The lowest BCUT2D eigenvalue weighted by atomic mass is 9.98. The van der Waals surface area contributed by atoms with Gasteiger partial charge in [0.05, 0.1) is 26.4 Å². The highest BCUT2D eigenvalue weighted by Crippen LogP contribution is 2.27. The lowest BCUT2D eigenvalue weighted by molar-refractivity contribution is -0.332. The first-order valence-corrected chi connectivity index (χ1v) is 28.6. The molecular weight excluding hydrogens is 885 g/mol. The highest BCUT2D eigenvalue weighted by Gasteiger charge is 2.47. The van der Waals surface area contributed by atoms with E-state index >= 15 is 0 Å². The Morgan fingerprint density at radius 1 is 0.420 bits per heavy atom. The molecule has 2 heterocycles. The molecule has 2 rings (SSSR count). The summed E-state index contributed by atoms with van der Waals surface area (Å²) in [5.74, 6) is -0.369. The van der Waals surface area contributed by atoms with Crippen LogP contribution in [0.5, 0.6) is 0 Å². The number of carbonyl (C=O) groups is 1. The number of rotatable bonds is 47. The molecule has 14 heteroatoms. The van der Waals surface area contributed by atoms with Gasteiger partial charge in [0, 0.05) is 13.0 Å². The van der Waals surface area contributed by atoms with Gasteiger partial charge in [-0.15, -0.1) is 0 Å². The van der Waals surface area contributed by atoms with Crippen molar-refractivity contribution in [3.63, 3.8) is 0 Å². The summed E-state index contributed by atoms with van der Waals surface area (Å²) < 4.78 is 34.4. The summed E-state index contributed by atoms with van der Waals surface area (Å²) in [6, 6.07) is 0. The van der Waals surface area contributed by atoms with Crippen LogP contribution in [0.25, 0.3) is 0 Å². The minimum Gasteiger partial charge on any atom is -0.457 e. The van der Waals surface area contributed by atoms with Crippen molar-refractivity contribution in [3.8, 4) is 0 Å². The summed E-state index contributed by atoms with van der Waals surface area (Å²) in [6.07, 6.45) is 28.8. The van der Waals surface area contributed by atoms with E-state index in [1.165, 1.54) is 180 Å². The molecule has 2 aliphatic heterocycles. The van der Waals surface area contributed by atoms with Crippen LogP contribution < -0.4 is 0 Å². The topological polar surface area (TPSA) is 214 Å². The van der Waals surface area contributed by atoms with E-state index in [1.807, 2.05) is 0 Å². The molecule has 11 unspecified atom stereocenters. The molecule has 0 aromatic rings. The molecular formula is C55H106O14. The third-order valence-corrected chi connectivity index (χ3v) is 14.1. The van der Waals surface area contributed by atoms with Gasteiger partial charge < -0.3 is 64.2 Å². The largest absolute Gasteiger partial charge is 0.457 e. The first-order valence-electron chi connectivity index (χ1n) is 28.6. The maximum Gasteiger partial charge on any atom is 0.306 e. The van der Waals surface area contributed by atoms with Crippen molar-refractivity contribution >= 4 is 5.97 Å². The number of aliphatic hydroxyl groups is 7. The molecule has 7 N–H and O–H groups in total. The van der Waals surface area contributed by atoms with Crippen molar-refractivity contribution in [1.29, 1.82) is 0 Å². The van der Waals surface area contributed by atoms with Gasteiger partial charge in [0.2, 0.25) is 0 Å². The third-order valence-electron chi connectivity index (χ3n) is 14.1. The highest BCUT2D eigenvalue weighted by atomic mass is 16.7. The number of carbonyl (C=O) groups excluding carboxylic acids is 1. The quantitative estimate of drug-likeness (QED) is 0.0223. The Hall–Kier alpha value is -1.01. The van der Waals surface area contributed by atoms with E-state index in [4.69, 9.17) is 28.4 Å². The molecule has 0 bridgehead atoms. The minimum atomic E-state index is -1.70. The first-order chi connectivity index (χ1) is 33.6. The Morgan fingerprint density at radius 2 is 0.768 bits per heavy atom. The van der Waals surface area contributed by atoms with Crippen LogP contribution in [0.1, 0.15) is 245 Å². The normalized spacial score (nSPS) is 25.6. The molecule has 0 aliphatic carbocycles. The van der Waals surface area contributed by atoms with E-state index in [-0.39, 0.29) is 25.6 Å². The fourth-order valence-electron chi connectivity index (χ4n) is 9.46. The summed E-state index contributed by atoms with van der Waals surface area (Å²) in [6.45, 7) is 3.75. The van der Waals surface area contributed by atoms with Crippen molar-refractivity contribution < 1.29 is 69.0 Å². The Balaban J connectivity index is 1.70. The molecule has 0 amide bonds. The van der Waals surface area contributed by atoms with Gasteiger partial charge in [-0.2, -0.15) is 0 Å². The van der Waals surface area contributed by atoms with Crippen LogP contribution in [0.3, 0.4) is 0 Å². The van der Waals surface area contributed by atoms with E-state index in [9.17, 15) is 40.5 Å². The second kappa shape index (κ2) is 43.4. The molecule has 0 aromatic carbocycles. The smallest absolute Gasteiger partial charge is 0.306 e. The van der Waals surface area contributed by atoms with Gasteiger partial charge in [-0.05, 0) is 12.8 Å². The number of esters is 1. The van der Waals surface area contributed by atoms with E-state index in [2.05, 4.69) is 13.8 Å². The fraction of sp³-hybridized carbons (Fsp3) is 0.982. The highest BCUT2D eigenvalue weighted by molar-refractivity contribution is 5.69.